The van der Waals surface area contributed by atoms with Crippen LogP contribution in [0.15, 0.2) is 65.8 Å². The lowest BCUT2D eigenvalue weighted by atomic mass is 9.91. The van der Waals surface area contributed by atoms with Crippen LogP contribution in [0.1, 0.15) is 62.6 Å². The minimum Gasteiger partial charge on any atom is -0.289 e. The van der Waals surface area contributed by atoms with Gasteiger partial charge in [-0.05, 0) is 30.9 Å². The van der Waals surface area contributed by atoms with E-state index in [1.165, 1.54) is 36.1 Å². The molecule has 3 rings (SSSR count). The zero-order chi connectivity index (χ0) is 16.8. The Hall–Kier alpha value is -2.09. The van der Waals surface area contributed by atoms with Crippen molar-refractivity contribution >= 4 is 5.71 Å². The van der Waals surface area contributed by atoms with E-state index in [-0.39, 0.29) is 0 Å². The second-order valence-corrected chi connectivity index (χ2v) is 6.72. The monoisotopic (exact) mass is 320 g/mol. The molecule has 1 aliphatic rings. The van der Waals surface area contributed by atoms with Crippen molar-refractivity contribution in [3.8, 4) is 0 Å². The Morgan fingerprint density at radius 3 is 2.33 bits per heavy atom. The van der Waals surface area contributed by atoms with E-state index in [0.717, 1.165) is 13.0 Å². The molecule has 2 unspecified atom stereocenters. The molecule has 0 bridgehead atoms. The Bertz CT molecular complexity index is 648. The van der Waals surface area contributed by atoms with E-state index in [1.54, 1.807) is 0 Å². The maximum absolute atomic E-state index is 5.04. The van der Waals surface area contributed by atoms with Gasteiger partial charge in [0.2, 0.25) is 0 Å². The molecular weight excluding hydrogens is 292 g/mol. The van der Waals surface area contributed by atoms with Crippen LogP contribution in [-0.2, 0) is 0 Å². The van der Waals surface area contributed by atoms with E-state index in [2.05, 4.69) is 79.5 Å². The van der Waals surface area contributed by atoms with Crippen molar-refractivity contribution in [3.05, 3.63) is 71.8 Å². The Kier molecular flexibility index (Phi) is 5.68. The standard InChI is InChI=1S/C22H28N2/c1-3-4-7-16-22-21(20-14-10-6-11-15-20)17-24(23-22)18(2)19-12-8-5-9-13-19/h5-6,8-15,18,21H,3-4,7,16-17H2,1-2H3. The molecule has 0 saturated carbocycles. The average molecular weight is 320 g/mol. The highest BCUT2D eigenvalue weighted by Crippen LogP contribution is 2.33. The number of unbranched alkanes of at least 4 members (excludes halogenated alkanes) is 2. The fourth-order valence-electron chi connectivity index (χ4n) is 3.48. The smallest absolute Gasteiger partial charge is 0.0692 e. The molecule has 0 spiro atoms. The normalized spacial score (nSPS) is 18.5. The molecule has 0 aliphatic carbocycles. The molecule has 2 atom stereocenters. The van der Waals surface area contributed by atoms with Crippen molar-refractivity contribution < 1.29 is 0 Å². The van der Waals surface area contributed by atoms with Gasteiger partial charge in [0.15, 0.2) is 0 Å². The highest BCUT2D eigenvalue weighted by molar-refractivity contribution is 5.92. The maximum atomic E-state index is 5.04. The van der Waals surface area contributed by atoms with E-state index in [1.807, 2.05) is 0 Å². The minimum atomic E-state index is 0.320. The van der Waals surface area contributed by atoms with E-state index in [9.17, 15) is 0 Å². The van der Waals surface area contributed by atoms with Gasteiger partial charge in [0.25, 0.3) is 0 Å². The van der Waals surface area contributed by atoms with Crippen LogP contribution in [0.25, 0.3) is 0 Å². The second-order valence-electron chi connectivity index (χ2n) is 6.72. The van der Waals surface area contributed by atoms with Crippen LogP contribution in [0, 0.1) is 0 Å². The van der Waals surface area contributed by atoms with Gasteiger partial charge in [-0.3, -0.25) is 5.01 Å². The van der Waals surface area contributed by atoms with Gasteiger partial charge in [-0.1, -0.05) is 80.4 Å². The summed E-state index contributed by atoms with van der Waals surface area (Å²) >= 11 is 0. The molecular formula is C22H28N2. The van der Waals surface area contributed by atoms with E-state index < -0.39 is 0 Å². The molecule has 0 N–H and O–H groups in total. The average Bonchev–Trinajstić information content (AvgIpc) is 3.07. The van der Waals surface area contributed by atoms with E-state index in [4.69, 9.17) is 5.10 Å². The molecule has 1 aliphatic heterocycles. The molecule has 1 heterocycles. The third kappa shape index (κ3) is 3.87. The number of rotatable bonds is 7. The van der Waals surface area contributed by atoms with Crippen molar-refractivity contribution in [2.24, 2.45) is 5.10 Å². The molecule has 24 heavy (non-hydrogen) atoms. The van der Waals surface area contributed by atoms with Gasteiger partial charge in [-0.25, -0.2) is 0 Å². The van der Waals surface area contributed by atoms with Gasteiger partial charge in [0.1, 0.15) is 0 Å². The van der Waals surface area contributed by atoms with Crippen LogP contribution in [0.4, 0.5) is 0 Å². The number of hydrazone groups is 1. The predicted molar refractivity (Wildman–Crippen MR) is 102 cm³/mol. The van der Waals surface area contributed by atoms with Gasteiger partial charge < -0.3 is 0 Å². The van der Waals surface area contributed by atoms with Gasteiger partial charge >= 0.3 is 0 Å². The minimum absolute atomic E-state index is 0.320. The predicted octanol–water partition coefficient (Wildman–Crippen LogP) is 5.78. The first kappa shape index (κ1) is 16.8. The quantitative estimate of drug-likeness (QED) is 0.590. The van der Waals surface area contributed by atoms with Crippen LogP contribution in [0.2, 0.25) is 0 Å². The third-order valence-corrected chi connectivity index (χ3v) is 5.00. The van der Waals surface area contributed by atoms with E-state index in [0.29, 0.717) is 12.0 Å². The number of hydrogen-bond acceptors (Lipinski definition) is 2. The van der Waals surface area contributed by atoms with Crippen molar-refractivity contribution in [1.82, 2.24) is 5.01 Å². The summed E-state index contributed by atoms with van der Waals surface area (Å²) in [6.07, 6.45) is 4.90. The van der Waals surface area contributed by atoms with Crippen LogP contribution >= 0.6 is 0 Å². The Balaban J connectivity index is 1.79. The summed E-state index contributed by atoms with van der Waals surface area (Å²) in [5.41, 5.74) is 4.09. The summed E-state index contributed by atoms with van der Waals surface area (Å²) in [6.45, 7) is 5.51. The molecule has 0 fully saturated rings. The second kappa shape index (κ2) is 8.14. The zero-order valence-electron chi connectivity index (χ0n) is 14.9. The fourth-order valence-corrected chi connectivity index (χ4v) is 3.48. The Labute approximate surface area is 146 Å². The Morgan fingerprint density at radius 1 is 1.00 bits per heavy atom. The van der Waals surface area contributed by atoms with E-state index >= 15 is 0 Å². The summed E-state index contributed by atoms with van der Waals surface area (Å²) in [4.78, 5) is 0. The topological polar surface area (TPSA) is 15.6 Å². The largest absolute Gasteiger partial charge is 0.289 e. The van der Waals surface area contributed by atoms with Gasteiger partial charge in [0.05, 0.1) is 6.04 Å². The number of nitrogens with zero attached hydrogens (tertiary/aromatic N) is 2. The molecule has 2 aromatic carbocycles. The molecule has 0 amide bonds. The summed E-state index contributed by atoms with van der Waals surface area (Å²) in [6, 6.07) is 21.9. The molecule has 2 aromatic rings. The first-order chi connectivity index (χ1) is 11.8. The SMILES string of the molecule is CCCCCC1=NN(C(C)c2ccccc2)CC1c1ccccc1. The summed E-state index contributed by atoms with van der Waals surface area (Å²) < 4.78 is 0. The van der Waals surface area contributed by atoms with Crippen LogP contribution in [0.3, 0.4) is 0 Å². The third-order valence-electron chi connectivity index (χ3n) is 5.00. The maximum Gasteiger partial charge on any atom is 0.0692 e. The number of benzene rings is 2. The molecule has 0 radical (unpaired) electrons. The highest BCUT2D eigenvalue weighted by atomic mass is 15.5. The van der Waals surface area contributed by atoms with Crippen molar-refractivity contribution in [2.75, 3.05) is 6.54 Å². The zero-order valence-corrected chi connectivity index (χ0v) is 14.9. The molecule has 0 aromatic heterocycles. The summed E-state index contributed by atoms with van der Waals surface area (Å²) in [5, 5.41) is 7.33. The lowest BCUT2D eigenvalue weighted by molar-refractivity contribution is 0.239. The highest BCUT2D eigenvalue weighted by Gasteiger charge is 2.30. The summed E-state index contributed by atoms with van der Waals surface area (Å²) in [5.74, 6) is 0.439. The lowest BCUT2D eigenvalue weighted by Crippen LogP contribution is -2.22. The summed E-state index contributed by atoms with van der Waals surface area (Å²) in [7, 11) is 0. The van der Waals surface area contributed by atoms with Gasteiger partial charge in [-0.2, -0.15) is 5.10 Å². The van der Waals surface area contributed by atoms with Crippen molar-refractivity contribution in [3.63, 3.8) is 0 Å². The van der Waals surface area contributed by atoms with Crippen molar-refractivity contribution in [2.45, 2.75) is 51.5 Å². The van der Waals surface area contributed by atoms with Gasteiger partial charge in [-0.15, -0.1) is 0 Å². The number of hydrogen-bond donors (Lipinski definition) is 0. The van der Waals surface area contributed by atoms with Crippen LogP contribution in [-0.4, -0.2) is 17.3 Å². The first-order valence-electron chi connectivity index (χ1n) is 9.23. The Morgan fingerprint density at radius 2 is 1.67 bits per heavy atom. The molecule has 2 heteroatoms. The lowest BCUT2D eigenvalue weighted by Gasteiger charge is -2.24. The first-order valence-corrected chi connectivity index (χ1v) is 9.23. The molecule has 2 nitrogen and oxygen atoms in total. The van der Waals surface area contributed by atoms with Crippen molar-refractivity contribution in [1.29, 1.82) is 0 Å². The van der Waals surface area contributed by atoms with Crippen LogP contribution in [0.5, 0.6) is 0 Å². The molecule has 126 valence electrons. The molecule has 0 saturated heterocycles. The van der Waals surface area contributed by atoms with Gasteiger partial charge in [0, 0.05) is 18.2 Å². The fraction of sp³-hybridized carbons (Fsp3) is 0.409. The van der Waals surface area contributed by atoms with Crippen LogP contribution < -0.4 is 0 Å².